The highest BCUT2D eigenvalue weighted by atomic mass is 32.2. The molecule has 0 saturated heterocycles. The molecule has 5 nitrogen and oxygen atoms in total. The zero-order valence-electron chi connectivity index (χ0n) is 10.6. The molecular formula is C12H18N2O3S. The van der Waals surface area contributed by atoms with Crippen molar-refractivity contribution in [1.29, 1.82) is 0 Å². The summed E-state index contributed by atoms with van der Waals surface area (Å²) in [5.41, 5.74) is 7.52. The number of anilines is 2. The van der Waals surface area contributed by atoms with Crippen LogP contribution in [-0.4, -0.2) is 35.8 Å². The van der Waals surface area contributed by atoms with E-state index in [-0.39, 0.29) is 0 Å². The fourth-order valence-electron chi connectivity index (χ4n) is 1.47. The van der Waals surface area contributed by atoms with Crippen molar-refractivity contribution in [2.45, 2.75) is 6.42 Å². The largest absolute Gasteiger partial charge is 0.465 e. The van der Waals surface area contributed by atoms with Gasteiger partial charge in [-0.05, 0) is 24.6 Å². The number of methoxy groups -OCH3 is 1. The third-order valence-corrected chi connectivity index (χ3v) is 3.26. The summed E-state index contributed by atoms with van der Waals surface area (Å²) < 4.78 is 15.5. The van der Waals surface area contributed by atoms with Gasteiger partial charge in [0.15, 0.2) is 0 Å². The number of nitrogen functional groups attached to an aromatic ring is 1. The Labute approximate surface area is 109 Å². The molecule has 0 aliphatic heterocycles. The molecule has 0 aromatic heterocycles. The van der Waals surface area contributed by atoms with Crippen LogP contribution in [0, 0.1) is 0 Å². The lowest BCUT2D eigenvalue weighted by Crippen LogP contribution is -2.09. The Hall–Kier alpha value is -1.56. The Morgan fingerprint density at radius 2 is 2.22 bits per heavy atom. The van der Waals surface area contributed by atoms with E-state index in [2.05, 4.69) is 10.1 Å². The van der Waals surface area contributed by atoms with E-state index in [1.807, 2.05) is 0 Å². The van der Waals surface area contributed by atoms with Gasteiger partial charge in [-0.3, -0.25) is 4.21 Å². The fourth-order valence-corrected chi connectivity index (χ4v) is 2.02. The van der Waals surface area contributed by atoms with Gasteiger partial charge in [-0.25, -0.2) is 4.79 Å². The van der Waals surface area contributed by atoms with Crippen LogP contribution in [0.1, 0.15) is 16.8 Å². The molecule has 0 radical (unpaired) electrons. The van der Waals surface area contributed by atoms with Gasteiger partial charge in [0.2, 0.25) is 0 Å². The Kier molecular flexibility index (Phi) is 5.64. The van der Waals surface area contributed by atoms with Crippen molar-refractivity contribution in [2.24, 2.45) is 0 Å². The molecule has 18 heavy (non-hydrogen) atoms. The molecule has 0 spiro atoms. The number of nitrogens with two attached hydrogens (primary N) is 1. The van der Waals surface area contributed by atoms with Crippen LogP contribution >= 0.6 is 0 Å². The fraction of sp³-hybridized carbons (Fsp3) is 0.417. The number of rotatable bonds is 6. The van der Waals surface area contributed by atoms with Gasteiger partial charge >= 0.3 is 5.97 Å². The zero-order valence-corrected chi connectivity index (χ0v) is 11.4. The minimum Gasteiger partial charge on any atom is -0.465 e. The van der Waals surface area contributed by atoms with Crippen LogP contribution in [0.2, 0.25) is 0 Å². The SMILES string of the molecule is COC(=O)c1ccc(NCCCS(C)=O)c(N)c1. The predicted molar refractivity (Wildman–Crippen MR) is 74.2 cm³/mol. The van der Waals surface area contributed by atoms with Crippen LogP contribution in [0.5, 0.6) is 0 Å². The van der Waals surface area contributed by atoms with Crippen LogP contribution in [0.15, 0.2) is 18.2 Å². The molecule has 3 N–H and O–H groups in total. The highest BCUT2D eigenvalue weighted by Crippen LogP contribution is 2.20. The summed E-state index contributed by atoms with van der Waals surface area (Å²) in [5.74, 6) is 0.252. The first-order valence-electron chi connectivity index (χ1n) is 5.56. The molecule has 0 aliphatic carbocycles. The summed E-state index contributed by atoms with van der Waals surface area (Å²) in [6.07, 6.45) is 2.49. The van der Waals surface area contributed by atoms with Crippen LogP contribution in [-0.2, 0) is 15.5 Å². The third-order valence-electron chi connectivity index (χ3n) is 2.40. The van der Waals surface area contributed by atoms with E-state index in [0.29, 0.717) is 23.5 Å². The number of ether oxygens (including phenoxy) is 1. The highest BCUT2D eigenvalue weighted by molar-refractivity contribution is 7.84. The Bertz CT molecular complexity index is 449. The number of hydrogen-bond donors (Lipinski definition) is 2. The molecule has 0 amide bonds. The first kappa shape index (κ1) is 14.5. The van der Waals surface area contributed by atoms with E-state index >= 15 is 0 Å². The average Bonchev–Trinajstić information content (AvgIpc) is 2.34. The maximum absolute atomic E-state index is 11.3. The van der Waals surface area contributed by atoms with Crippen LogP contribution in [0.25, 0.3) is 0 Å². The molecular weight excluding hydrogens is 252 g/mol. The molecule has 0 bridgehead atoms. The normalized spacial score (nSPS) is 11.9. The molecule has 0 saturated carbocycles. The maximum Gasteiger partial charge on any atom is 0.337 e. The maximum atomic E-state index is 11.3. The summed E-state index contributed by atoms with van der Waals surface area (Å²) >= 11 is 0. The van der Waals surface area contributed by atoms with E-state index in [1.165, 1.54) is 7.11 Å². The van der Waals surface area contributed by atoms with Gasteiger partial charge in [-0.1, -0.05) is 0 Å². The second kappa shape index (κ2) is 7.00. The van der Waals surface area contributed by atoms with Gasteiger partial charge in [0, 0.05) is 29.4 Å². The summed E-state index contributed by atoms with van der Waals surface area (Å²) in [4.78, 5) is 11.3. The first-order chi connectivity index (χ1) is 8.54. The zero-order chi connectivity index (χ0) is 13.5. The van der Waals surface area contributed by atoms with Crippen molar-refractivity contribution in [1.82, 2.24) is 0 Å². The average molecular weight is 270 g/mol. The van der Waals surface area contributed by atoms with Crippen molar-refractivity contribution in [3.8, 4) is 0 Å². The summed E-state index contributed by atoms with van der Waals surface area (Å²) in [7, 11) is 0.557. The number of carbonyl (C=O) groups excluding carboxylic acids is 1. The van der Waals surface area contributed by atoms with Crippen molar-refractivity contribution in [2.75, 3.05) is 36.7 Å². The third kappa shape index (κ3) is 4.37. The van der Waals surface area contributed by atoms with Crippen molar-refractivity contribution in [3.63, 3.8) is 0 Å². The lowest BCUT2D eigenvalue weighted by molar-refractivity contribution is 0.0601. The molecule has 100 valence electrons. The topological polar surface area (TPSA) is 81.4 Å². The predicted octanol–water partition coefficient (Wildman–Crippen LogP) is 1.24. The second-order valence-electron chi connectivity index (χ2n) is 3.85. The minimum atomic E-state index is -0.772. The van der Waals surface area contributed by atoms with Crippen molar-refractivity contribution in [3.05, 3.63) is 23.8 Å². The Balaban J connectivity index is 2.57. The van der Waals surface area contributed by atoms with E-state index in [4.69, 9.17) is 5.73 Å². The molecule has 1 rings (SSSR count). The van der Waals surface area contributed by atoms with Crippen LogP contribution in [0.4, 0.5) is 11.4 Å². The smallest absolute Gasteiger partial charge is 0.337 e. The Morgan fingerprint density at radius 1 is 1.50 bits per heavy atom. The molecule has 6 heteroatoms. The van der Waals surface area contributed by atoms with Gasteiger partial charge < -0.3 is 15.8 Å². The second-order valence-corrected chi connectivity index (χ2v) is 5.41. The number of carbonyl (C=O) groups is 1. The molecule has 1 atom stereocenters. The van der Waals surface area contributed by atoms with Gasteiger partial charge in [0.25, 0.3) is 0 Å². The first-order valence-corrected chi connectivity index (χ1v) is 7.29. The van der Waals surface area contributed by atoms with E-state index in [1.54, 1.807) is 24.5 Å². The van der Waals surface area contributed by atoms with Crippen molar-refractivity contribution < 1.29 is 13.7 Å². The van der Waals surface area contributed by atoms with Gasteiger partial charge in [-0.15, -0.1) is 0 Å². The number of hydrogen-bond acceptors (Lipinski definition) is 5. The summed E-state index contributed by atoms with van der Waals surface area (Å²) in [5, 5.41) is 3.14. The molecule has 0 aliphatic rings. The Morgan fingerprint density at radius 3 is 2.78 bits per heavy atom. The van der Waals surface area contributed by atoms with E-state index < -0.39 is 16.8 Å². The van der Waals surface area contributed by atoms with Gasteiger partial charge in [0.1, 0.15) is 0 Å². The van der Waals surface area contributed by atoms with E-state index in [0.717, 1.165) is 12.1 Å². The molecule has 0 fully saturated rings. The highest BCUT2D eigenvalue weighted by Gasteiger charge is 2.07. The molecule has 1 unspecified atom stereocenters. The summed E-state index contributed by atoms with van der Waals surface area (Å²) in [6.45, 7) is 0.696. The minimum absolute atomic E-state index is 0.408. The van der Waals surface area contributed by atoms with E-state index in [9.17, 15) is 9.00 Å². The molecule has 1 aromatic carbocycles. The number of esters is 1. The number of nitrogens with one attached hydrogen (secondary N) is 1. The lowest BCUT2D eigenvalue weighted by Gasteiger charge is -2.10. The van der Waals surface area contributed by atoms with Crippen LogP contribution in [0.3, 0.4) is 0 Å². The van der Waals surface area contributed by atoms with Gasteiger partial charge in [0.05, 0.1) is 24.0 Å². The quantitative estimate of drug-likeness (QED) is 0.462. The number of benzene rings is 1. The van der Waals surface area contributed by atoms with Crippen molar-refractivity contribution >= 4 is 28.1 Å². The monoisotopic (exact) mass is 270 g/mol. The summed E-state index contributed by atoms with van der Waals surface area (Å²) in [6, 6.07) is 4.97. The molecule has 0 heterocycles. The van der Waals surface area contributed by atoms with Gasteiger partial charge in [-0.2, -0.15) is 0 Å². The lowest BCUT2D eigenvalue weighted by atomic mass is 10.1. The van der Waals surface area contributed by atoms with Crippen LogP contribution < -0.4 is 11.1 Å². The standard InChI is InChI=1S/C12H18N2O3S/c1-17-12(15)9-4-5-11(10(13)8-9)14-6-3-7-18(2)16/h4-5,8,14H,3,6-7,13H2,1-2H3. The molecule has 1 aromatic rings.